The van der Waals surface area contributed by atoms with Gasteiger partial charge in [0.2, 0.25) is 6.29 Å². The van der Waals surface area contributed by atoms with Crippen molar-refractivity contribution >= 4 is 20.1 Å². The molecule has 0 aliphatic carbocycles. The van der Waals surface area contributed by atoms with Gasteiger partial charge in [-0.15, -0.1) is 4.52 Å². The predicted octanol–water partition coefficient (Wildman–Crippen LogP) is 2.04. The molecule has 1 N–H and O–H groups in total. The van der Waals surface area contributed by atoms with Gasteiger partial charge in [0, 0.05) is 13.5 Å². The number of esters is 1. The van der Waals surface area contributed by atoms with Gasteiger partial charge in [-0.3, -0.25) is 4.79 Å². The lowest BCUT2D eigenvalue weighted by Gasteiger charge is -2.15. The minimum Gasteiger partial charge on any atom is -0.425 e. The molecule has 0 radical (unpaired) electrons. The van der Waals surface area contributed by atoms with Gasteiger partial charge in [0.25, 0.3) is 0 Å². The number of carbonyl (C=O) groups is 2. The van der Waals surface area contributed by atoms with E-state index in [9.17, 15) is 14.2 Å². The summed E-state index contributed by atoms with van der Waals surface area (Å²) >= 11 is 0. The molecule has 0 fully saturated rings. The van der Waals surface area contributed by atoms with Gasteiger partial charge < -0.3 is 14.8 Å². The molecule has 2 atom stereocenters. The zero-order valence-corrected chi connectivity index (χ0v) is 12.6. The van der Waals surface area contributed by atoms with Crippen LogP contribution in [0.5, 0.6) is 0 Å². The maximum atomic E-state index is 11.3. The maximum Gasteiger partial charge on any atom is 0.504 e. The van der Waals surface area contributed by atoms with Crippen LogP contribution in [0.25, 0.3) is 0 Å². The Kier molecular flexibility index (Phi) is 9.08. The molecular formula is C11H21NO6P+. The van der Waals surface area contributed by atoms with E-state index in [0.29, 0.717) is 19.6 Å². The van der Waals surface area contributed by atoms with Crippen LogP contribution in [0.3, 0.4) is 0 Å². The molecule has 2 unspecified atom stereocenters. The molecule has 0 aliphatic rings. The minimum absolute atomic E-state index is 0.276. The average molecular weight is 294 g/mol. The fourth-order valence-corrected chi connectivity index (χ4v) is 1.36. The summed E-state index contributed by atoms with van der Waals surface area (Å²) in [5.41, 5.74) is 0. The summed E-state index contributed by atoms with van der Waals surface area (Å²) in [6, 6.07) is 0. The highest BCUT2D eigenvalue weighted by Gasteiger charge is 2.16. The Morgan fingerprint density at radius 3 is 2.37 bits per heavy atom. The van der Waals surface area contributed by atoms with E-state index in [1.165, 1.54) is 13.6 Å². The van der Waals surface area contributed by atoms with Crippen molar-refractivity contribution in [1.82, 2.24) is 5.32 Å². The molecule has 0 rings (SSSR count). The number of alkyl carbamates (subject to hydrolysis) is 1. The van der Waals surface area contributed by atoms with Crippen molar-refractivity contribution in [2.24, 2.45) is 5.92 Å². The van der Waals surface area contributed by atoms with Crippen molar-refractivity contribution in [1.29, 1.82) is 0 Å². The second-order valence-corrected chi connectivity index (χ2v) is 5.26. The lowest BCUT2D eigenvalue weighted by Crippen LogP contribution is -2.31. The molecule has 19 heavy (non-hydrogen) atoms. The number of nitrogens with one attached hydrogen (secondary N) is 1. The molecule has 0 heterocycles. The van der Waals surface area contributed by atoms with Crippen molar-refractivity contribution < 1.29 is 28.2 Å². The number of carbonyl (C=O) groups excluding carboxylic acids is 2. The van der Waals surface area contributed by atoms with Gasteiger partial charge in [0.05, 0.1) is 5.92 Å². The molecule has 8 heteroatoms. The third-order valence-electron chi connectivity index (χ3n) is 1.89. The van der Waals surface area contributed by atoms with Gasteiger partial charge in [0.1, 0.15) is 6.61 Å². The Morgan fingerprint density at radius 2 is 1.84 bits per heavy atom. The van der Waals surface area contributed by atoms with E-state index in [2.05, 4.69) is 5.32 Å². The van der Waals surface area contributed by atoms with Crippen molar-refractivity contribution in [3.8, 4) is 0 Å². The van der Waals surface area contributed by atoms with Gasteiger partial charge in [-0.2, -0.15) is 0 Å². The lowest BCUT2D eigenvalue weighted by atomic mass is 10.2. The highest BCUT2D eigenvalue weighted by Crippen LogP contribution is 2.14. The number of hydrogen-bond donors (Lipinski definition) is 1. The Bertz CT molecular complexity index is 320. The molecule has 0 spiro atoms. The summed E-state index contributed by atoms with van der Waals surface area (Å²) in [4.78, 5) is 22.5. The van der Waals surface area contributed by atoms with E-state index >= 15 is 0 Å². The van der Waals surface area contributed by atoms with E-state index in [-0.39, 0.29) is 5.92 Å². The number of hydrogen-bond acceptors (Lipinski definition) is 6. The molecule has 0 aromatic rings. The number of ether oxygens (including phenoxy) is 2. The third kappa shape index (κ3) is 10.4. The van der Waals surface area contributed by atoms with Crippen LogP contribution >= 0.6 is 8.03 Å². The van der Waals surface area contributed by atoms with Crippen molar-refractivity contribution in [2.45, 2.75) is 33.5 Å². The molecule has 0 saturated carbocycles. The Labute approximate surface area is 113 Å². The summed E-state index contributed by atoms with van der Waals surface area (Å²) in [5, 5.41) is 2.46. The highest BCUT2D eigenvalue weighted by atomic mass is 31.1. The summed E-state index contributed by atoms with van der Waals surface area (Å²) in [7, 11) is -1.61. The average Bonchev–Trinajstić information content (AvgIpc) is 2.27. The van der Waals surface area contributed by atoms with E-state index in [1.54, 1.807) is 13.8 Å². The van der Waals surface area contributed by atoms with Crippen LogP contribution in [0.4, 0.5) is 4.79 Å². The standard InChI is InChI=1S/C11H20NO6P/c1-8(2)10(13)17-9(3)18-11(14)12-6-5-7-16-19(4)15/h8-9H,5-7H2,1-4H3/p+1. The smallest absolute Gasteiger partial charge is 0.425 e. The van der Waals surface area contributed by atoms with E-state index in [0.717, 1.165) is 0 Å². The SMILES string of the molecule is CC(OC(=O)NCCCO[P+](C)=O)OC(=O)C(C)C. The van der Waals surface area contributed by atoms with Crippen LogP contribution < -0.4 is 5.32 Å². The van der Waals surface area contributed by atoms with Crippen LogP contribution in [0, 0.1) is 5.92 Å². The first-order chi connectivity index (χ1) is 8.82. The van der Waals surface area contributed by atoms with Crippen LogP contribution in [0.1, 0.15) is 27.2 Å². The van der Waals surface area contributed by atoms with Gasteiger partial charge >= 0.3 is 20.1 Å². The topological polar surface area (TPSA) is 90.9 Å². The van der Waals surface area contributed by atoms with E-state index in [1.807, 2.05) is 0 Å². The third-order valence-corrected chi connectivity index (χ3v) is 2.44. The molecular weight excluding hydrogens is 273 g/mol. The first-order valence-corrected chi connectivity index (χ1v) is 7.64. The van der Waals surface area contributed by atoms with Gasteiger partial charge in [0.15, 0.2) is 6.66 Å². The first-order valence-electron chi connectivity index (χ1n) is 6.01. The monoisotopic (exact) mass is 294 g/mol. The molecule has 0 aliphatic heterocycles. The maximum absolute atomic E-state index is 11.3. The lowest BCUT2D eigenvalue weighted by molar-refractivity contribution is -0.168. The van der Waals surface area contributed by atoms with Gasteiger partial charge in [-0.05, 0) is 11.0 Å². The van der Waals surface area contributed by atoms with E-state index < -0.39 is 26.4 Å². The molecule has 0 saturated heterocycles. The Hall–Kier alpha value is -1.20. The minimum atomic E-state index is -1.61. The van der Waals surface area contributed by atoms with Crippen molar-refractivity contribution in [3.63, 3.8) is 0 Å². The largest absolute Gasteiger partial charge is 0.504 e. The van der Waals surface area contributed by atoms with E-state index in [4.69, 9.17) is 14.0 Å². The zero-order chi connectivity index (χ0) is 14.8. The number of rotatable bonds is 8. The van der Waals surface area contributed by atoms with Crippen molar-refractivity contribution in [2.75, 3.05) is 19.8 Å². The zero-order valence-electron chi connectivity index (χ0n) is 11.7. The fraction of sp³-hybridized carbons (Fsp3) is 0.818. The summed E-state index contributed by atoms with van der Waals surface area (Å²) < 4.78 is 25.1. The molecule has 0 bridgehead atoms. The second-order valence-electron chi connectivity index (χ2n) is 4.12. The Morgan fingerprint density at radius 1 is 1.21 bits per heavy atom. The number of amides is 1. The van der Waals surface area contributed by atoms with Crippen molar-refractivity contribution in [3.05, 3.63) is 0 Å². The van der Waals surface area contributed by atoms with Gasteiger partial charge in [-0.25, -0.2) is 4.79 Å². The normalized spacial score (nSPS) is 12.8. The predicted molar refractivity (Wildman–Crippen MR) is 69.0 cm³/mol. The van der Waals surface area contributed by atoms with Crippen LogP contribution in [0.2, 0.25) is 0 Å². The summed E-state index contributed by atoms with van der Waals surface area (Å²) in [5.74, 6) is -0.706. The first kappa shape index (κ1) is 17.8. The Balaban J connectivity index is 3.68. The summed E-state index contributed by atoms with van der Waals surface area (Å²) in [6.07, 6.45) is -1.09. The molecule has 1 amide bonds. The molecule has 110 valence electrons. The van der Waals surface area contributed by atoms with Crippen LogP contribution in [-0.2, 0) is 23.4 Å². The molecule has 7 nitrogen and oxygen atoms in total. The second kappa shape index (κ2) is 9.69. The van der Waals surface area contributed by atoms with Gasteiger partial charge in [-0.1, -0.05) is 13.8 Å². The van der Waals surface area contributed by atoms with Crippen LogP contribution in [-0.4, -0.2) is 38.2 Å². The molecule has 0 aromatic heterocycles. The summed E-state index contributed by atoms with van der Waals surface area (Å²) in [6.45, 7) is 6.92. The van der Waals surface area contributed by atoms with Crippen LogP contribution in [0.15, 0.2) is 0 Å². The molecule has 0 aromatic carbocycles. The fourth-order valence-electron chi connectivity index (χ4n) is 0.972. The highest BCUT2D eigenvalue weighted by molar-refractivity contribution is 7.38. The quantitative estimate of drug-likeness (QED) is 0.319.